The molecule has 4 nitrogen and oxygen atoms in total. The molecule has 6 heteroatoms. The molecule has 1 heterocycles. The highest BCUT2D eigenvalue weighted by Crippen LogP contribution is 2.33. The van der Waals surface area contributed by atoms with E-state index >= 15 is 0 Å². The van der Waals surface area contributed by atoms with Gasteiger partial charge >= 0.3 is 0 Å². The van der Waals surface area contributed by atoms with Crippen molar-refractivity contribution in [2.24, 2.45) is 0 Å². The molecule has 0 radical (unpaired) electrons. The van der Waals surface area contributed by atoms with Crippen LogP contribution in [0.1, 0.15) is 20.8 Å². The van der Waals surface area contributed by atoms with Crippen molar-refractivity contribution < 1.29 is 9.53 Å². The fourth-order valence-electron chi connectivity index (χ4n) is 2.54. The molecular formula is C19H17BrN2O2S. The summed E-state index contributed by atoms with van der Waals surface area (Å²) >= 11 is 4.84. The molecule has 0 unspecified atom stereocenters. The van der Waals surface area contributed by atoms with Gasteiger partial charge in [0.05, 0.1) is 12.8 Å². The Hall–Kier alpha value is -2.18. The number of nitrogens with one attached hydrogen (secondary N) is 1. The molecule has 0 aliphatic heterocycles. The third-order valence-corrected chi connectivity index (χ3v) is 5.15. The minimum atomic E-state index is -0.174. The number of amides is 1. The fraction of sp³-hybridized carbons (Fsp3) is 0.158. The van der Waals surface area contributed by atoms with Gasteiger partial charge in [0.15, 0.2) is 5.13 Å². The Morgan fingerprint density at radius 1 is 1.20 bits per heavy atom. The number of carbonyl (C=O) groups excluding carboxylic acids is 1. The number of aryl methyl sites for hydroxylation is 2. The summed E-state index contributed by atoms with van der Waals surface area (Å²) in [6.07, 6.45) is 0. The Morgan fingerprint density at radius 2 is 2.00 bits per heavy atom. The van der Waals surface area contributed by atoms with E-state index in [2.05, 4.69) is 26.2 Å². The molecule has 128 valence electrons. The van der Waals surface area contributed by atoms with Crippen LogP contribution in [-0.2, 0) is 0 Å². The van der Waals surface area contributed by atoms with Gasteiger partial charge in [-0.2, -0.15) is 0 Å². The van der Waals surface area contributed by atoms with Gasteiger partial charge in [-0.3, -0.25) is 10.1 Å². The maximum atomic E-state index is 12.4. The summed E-state index contributed by atoms with van der Waals surface area (Å²) in [5, 5.41) is 3.47. The lowest BCUT2D eigenvalue weighted by Gasteiger charge is -2.06. The van der Waals surface area contributed by atoms with E-state index in [1.54, 1.807) is 19.2 Å². The highest BCUT2D eigenvalue weighted by molar-refractivity contribution is 9.10. The third-order valence-electron chi connectivity index (χ3n) is 3.77. The van der Waals surface area contributed by atoms with Gasteiger partial charge in [0.1, 0.15) is 5.75 Å². The molecule has 0 bridgehead atoms. The number of thiazole rings is 1. The minimum Gasteiger partial charge on any atom is -0.496 e. The van der Waals surface area contributed by atoms with Crippen molar-refractivity contribution in [1.29, 1.82) is 0 Å². The zero-order valence-corrected chi connectivity index (χ0v) is 16.5. The summed E-state index contributed by atoms with van der Waals surface area (Å²) in [5.74, 6) is 0.673. The van der Waals surface area contributed by atoms with Crippen molar-refractivity contribution >= 4 is 38.3 Å². The smallest absolute Gasteiger partial charge is 0.257 e. The molecule has 0 aliphatic rings. The van der Waals surface area contributed by atoms with Gasteiger partial charge in [0.2, 0.25) is 0 Å². The maximum Gasteiger partial charge on any atom is 0.257 e. The van der Waals surface area contributed by atoms with Gasteiger partial charge in [-0.25, -0.2) is 4.98 Å². The van der Waals surface area contributed by atoms with Crippen LogP contribution in [0.4, 0.5) is 5.13 Å². The number of ether oxygens (including phenoxy) is 1. The van der Waals surface area contributed by atoms with Crippen LogP contribution in [0.3, 0.4) is 0 Å². The lowest BCUT2D eigenvalue weighted by Crippen LogP contribution is -2.11. The highest BCUT2D eigenvalue weighted by atomic mass is 79.9. The van der Waals surface area contributed by atoms with Crippen molar-refractivity contribution in [3.8, 4) is 17.0 Å². The van der Waals surface area contributed by atoms with Gasteiger partial charge in [-0.1, -0.05) is 22.0 Å². The normalized spacial score (nSPS) is 10.6. The molecule has 1 amide bonds. The zero-order chi connectivity index (χ0) is 18.0. The largest absolute Gasteiger partial charge is 0.496 e. The maximum absolute atomic E-state index is 12.4. The number of aromatic nitrogens is 1. The molecule has 0 aliphatic carbocycles. The summed E-state index contributed by atoms with van der Waals surface area (Å²) in [6.45, 7) is 4.00. The third kappa shape index (κ3) is 3.91. The van der Waals surface area contributed by atoms with Gasteiger partial charge in [-0.15, -0.1) is 11.3 Å². The van der Waals surface area contributed by atoms with Crippen LogP contribution in [-0.4, -0.2) is 18.0 Å². The molecule has 0 fully saturated rings. The van der Waals surface area contributed by atoms with E-state index in [1.165, 1.54) is 11.3 Å². The Kier molecular flexibility index (Phi) is 5.20. The molecular weight excluding hydrogens is 400 g/mol. The number of carbonyl (C=O) groups is 1. The van der Waals surface area contributed by atoms with Crippen LogP contribution in [0, 0.1) is 13.8 Å². The average Bonchev–Trinajstić information content (AvgIpc) is 2.95. The number of hydrogen-bond donors (Lipinski definition) is 1. The van der Waals surface area contributed by atoms with E-state index in [-0.39, 0.29) is 5.91 Å². The number of anilines is 1. The van der Waals surface area contributed by atoms with E-state index in [4.69, 9.17) is 4.74 Å². The first-order valence-corrected chi connectivity index (χ1v) is 9.28. The molecule has 3 aromatic rings. The van der Waals surface area contributed by atoms with Crippen LogP contribution >= 0.6 is 27.3 Å². The Bertz CT molecular complexity index is 937. The summed E-state index contributed by atoms with van der Waals surface area (Å²) in [4.78, 5) is 18.0. The number of benzene rings is 2. The second-order valence-electron chi connectivity index (χ2n) is 5.57. The van der Waals surface area contributed by atoms with Crippen molar-refractivity contribution in [1.82, 2.24) is 4.98 Å². The molecule has 3 rings (SSSR count). The number of hydrogen-bond acceptors (Lipinski definition) is 4. The molecule has 1 N–H and O–H groups in total. The van der Waals surface area contributed by atoms with Gasteiger partial charge in [-0.05, 0) is 55.8 Å². The highest BCUT2D eigenvalue weighted by Gasteiger charge is 2.14. The quantitative estimate of drug-likeness (QED) is 0.614. The number of methoxy groups -OCH3 is 1. The standard InChI is InChI=1S/C19H17BrN2O2S/c1-11-9-13(7-8-16(11)24-3)17-12(2)25-19(21-17)22-18(23)14-5-4-6-15(20)10-14/h4-10H,1-3H3,(H,21,22,23). The predicted octanol–water partition coefficient (Wildman–Crippen LogP) is 5.45. The first kappa shape index (κ1) is 17.6. The number of nitrogens with zero attached hydrogens (tertiary/aromatic N) is 1. The molecule has 1 aromatic heterocycles. The summed E-state index contributed by atoms with van der Waals surface area (Å²) in [6, 6.07) is 13.2. The first-order chi connectivity index (χ1) is 12.0. The van der Waals surface area contributed by atoms with Crippen molar-refractivity contribution in [3.63, 3.8) is 0 Å². The fourth-order valence-corrected chi connectivity index (χ4v) is 3.77. The van der Waals surface area contributed by atoms with E-state index in [9.17, 15) is 4.79 Å². The van der Waals surface area contributed by atoms with Crippen molar-refractivity contribution in [3.05, 3.63) is 62.9 Å². The predicted molar refractivity (Wildman–Crippen MR) is 106 cm³/mol. The second-order valence-corrected chi connectivity index (χ2v) is 7.69. The molecule has 0 saturated carbocycles. The Labute approximate surface area is 159 Å². The summed E-state index contributed by atoms with van der Waals surface area (Å²) in [5.41, 5.74) is 3.52. The second kappa shape index (κ2) is 7.37. The molecule has 0 spiro atoms. The van der Waals surface area contributed by atoms with Gasteiger partial charge in [0, 0.05) is 20.5 Å². The Morgan fingerprint density at radius 3 is 2.68 bits per heavy atom. The molecule has 25 heavy (non-hydrogen) atoms. The first-order valence-electron chi connectivity index (χ1n) is 7.67. The van der Waals surface area contributed by atoms with E-state index in [1.807, 2.05) is 44.2 Å². The van der Waals surface area contributed by atoms with Gasteiger partial charge < -0.3 is 4.74 Å². The summed E-state index contributed by atoms with van der Waals surface area (Å²) in [7, 11) is 1.66. The van der Waals surface area contributed by atoms with E-state index in [0.29, 0.717) is 10.7 Å². The van der Waals surface area contributed by atoms with E-state index in [0.717, 1.165) is 31.9 Å². The molecule has 0 saturated heterocycles. The van der Waals surface area contributed by atoms with Crippen LogP contribution in [0.15, 0.2) is 46.9 Å². The monoisotopic (exact) mass is 416 g/mol. The van der Waals surface area contributed by atoms with Crippen molar-refractivity contribution in [2.75, 3.05) is 12.4 Å². The topological polar surface area (TPSA) is 51.2 Å². The van der Waals surface area contributed by atoms with Gasteiger partial charge in [0.25, 0.3) is 5.91 Å². The van der Waals surface area contributed by atoms with Crippen LogP contribution in [0.5, 0.6) is 5.75 Å². The van der Waals surface area contributed by atoms with Crippen LogP contribution < -0.4 is 10.1 Å². The minimum absolute atomic E-state index is 0.174. The lowest BCUT2D eigenvalue weighted by atomic mass is 10.1. The molecule has 0 atom stereocenters. The lowest BCUT2D eigenvalue weighted by molar-refractivity contribution is 0.102. The molecule has 2 aromatic carbocycles. The summed E-state index contributed by atoms with van der Waals surface area (Å²) < 4.78 is 6.17. The van der Waals surface area contributed by atoms with Crippen LogP contribution in [0.25, 0.3) is 11.3 Å². The van der Waals surface area contributed by atoms with Crippen LogP contribution in [0.2, 0.25) is 0 Å². The zero-order valence-electron chi connectivity index (χ0n) is 14.1. The number of rotatable bonds is 4. The number of halogens is 1. The SMILES string of the molecule is COc1ccc(-c2nc(NC(=O)c3cccc(Br)c3)sc2C)cc1C. The van der Waals surface area contributed by atoms with E-state index < -0.39 is 0 Å². The average molecular weight is 417 g/mol. The Balaban J connectivity index is 1.85. The van der Waals surface area contributed by atoms with Crippen molar-refractivity contribution in [2.45, 2.75) is 13.8 Å².